The fourth-order valence-electron chi connectivity index (χ4n) is 2.04. The first kappa shape index (κ1) is 13.1. The lowest BCUT2D eigenvalue weighted by Gasteiger charge is -2.08. The van der Waals surface area contributed by atoms with Crippen LogP contribution < -0.4 is 10.6 Å². The molecule has 0 aromatic heterocycles. The Morgan fingerprint density at radius 1 is 0.895 bits per heavy atom. The Hall–Kier alpha value is -2.29. The highest BCUT2D eigenvalue weighted by atomic mass is 16.1. The van der Waals surface area contributed by atoms with Gasteiger partial charge in [-0.05, 0) is 61.4 Å². The molecule has 0 spiro atoms. The van der Waals surface area contributed by atoms with Gasteiger partial charge in [0.2, 0.25) is 0 Å². The second kappa shape index (κ2) is 5.57. The zero-order valence-corrected chi connectivity index (χ0v) is 11.4. The molecule has 3 nitrogen and oxygen atoms in total. The summed E-state index contributed by atoms with van der Waals surface area (Å²) in [6.45, 7) is 4.04. The van der Waals surface area contributed by atoms with E-state index in [2.05, 4.69) is 16.7 Å². The average Bonchev–Trinajstić information content (AvgIpc) is 2.37. The number of carbonyl (C=O) groups excluding carboxylic acids is 1. The van der Waals surface area contributed by atoms with E-state index in [1.165, 1.54) is 0 Å². The molecule has 98 valence electrons. The molecule has 0 aliphatic rings. The molecule has 0 radical (unpaired) electrons. The number of aryl methyl sites for hydroxylation is 2. The Morgan fingerprint density at radius 3 is 2.00 bits per heavy atom. The number of hydrogen-bond donors (Lipinski definition) is 2. The van der Waals surface area contributed by atoms with Crippen LogP contribution in [0.2, 0.25) is 0 Å². The highest BCUT2D eigenvalue weighted by molar-refractivity contribution is 6.04. The summed E-state index contributed by atoms with van der Waals surface area (Å²) in [5, 5.41) is 5.94. The average molecular weight is 254 g/mol. The molecule has 1 amide bonds. The van der Waals surface area contributed by atoms with Crippen LogP contribution in [0.25, 0.3) is 0 Å². The minimum Gasteiger partial charge on any atom is -0.388 e. The van der Waals surface area contributed by atoms with Crippen molar-refractivity contribution >= 4 is 17.3 Å². The second-order valence-electron chi connectivity index (χ2n) is 4.66. The SMILES string of the molecule is CNc1ccc(C(=O)Nc2cc(C)cc(C)c2)cc1. The number of amides is 1. The molecule has 0 unspecified atom stereocenters. The van der Waals surface area contributed by atoms with Crippen LogP contribution in [0.5, 0.6) is 0 Å². The van der Waals surface area contributed by atoms with Gasteiger partial charge in [-0.15, -0.1) is 0 Å². The maximum atomic E-state index is 12.1. The van der Waals surface area contributed by atoms with Crippen LogP contribution in [0, 0.1) is 13.8 Å². The number of carbonyl (C=O) groups is 1. The monoisotopic (exact) mass is 254 g/mol. The van der Waals surface area contributed by atoms with Crippen molar-refractivity contribution in [1.82, 2.24) is 0 Å². The van der Waals surface area contributed by atoms with E-state index in [1.54, 1.807) is 0 Å². The van der Waals surface area contributed by atoms with E-state index in [0.29, 0.717) is 5.56 Å². The number of nitrogens with one attached hydrogen (secondary N) is 2. The lowest BCUT2D eigenvalue weighted by Crippen LogP contribution is -2.12. The Labute approximate surface area is 113 Å². The molecule has 2 aromatic rings. The van der Waals surface area contributed by atoms with E-state index < -0.39 is 0 Å². The van der Waals surface area contributed by atoms with Crippen molar-refractivity contribution in [3.63, 3.8) is 0 Å². The zero-order valence-electron chi connectivity index (χ0n) is 11.4. The van der Waals surface area contributed by atoms with E-state index in [4.69, 9.17) is 0 Å². The Balaban J connectivity index is 2.15. The number of benzene rings is 2. The first-order chi connectivity index (χ1) is 9.08. The molecule has 3 heteroatoms. The van der Waals surface area contributed by atoms with E-state index in [-0.39, 0.29) is 5.91 Å². The van der Waals surface area contributed by atoms with Crippen LogP contribution in [0.3, 0.4) is 0 Å². The highest BCUT2D eigenvalue weighted by Gasteiger charge is 2.06. The van der Waals surface area contributed by atoms with Crippen molar-refractivity contribution in [2.45, 2.75) is 13.8 Å². The van der Waals surface area contributed by atoms with Crippen molar-refractivity contribution in [2.24, 2.45) is 0 Å². The number of rotatable bonds is 3. The van der Waals surface area contributed by atoms with Gasteiger partial charge in [0.25, 0.3) is 5.91 Å². The van der Waals surface area contributed by atoms with Crippen molar-refractivity contribution in [1.29, 1.82) is 0 Å². The maximum absolute atomic E-state index is 12.1. The highest BCUT2D eigenvalue weighted by Crippen LogP contribution is 2.16. The molecule has 0 fully saturated rings. The van der Waals surface area contributed by atoms with Gasteiger partial charge in [0.1, 0.15) is 0 Å². The number of hydrogen-bond acceptors (Lipinski definition) is 2. The van der Waals surface area contributed by atoms with Gasteiger partial charge < -0.3 is 10.6 Å². The van der Waals surface area contributed by atoms with Crippen LogP contribution in [0.15, 0.2) is 42.5 Å². The van der Waals surface area contributed by atoms with E-state index >= 15 is 0 Å². The van der Waals surface area contributed by atoms with Crippen molar-refractivity contribution in [2.75, 3.05) is 17.7 Å². The summed E-state index contributed by atoms with van der Waals surface area (Å²) in [5.74, 6) is -0.0901. The third-order valence-electron chi connectivity index (χ3n) is 2.92. The van der Waals surface area contributed by atoms with E-state index in [9.17, 15) is 4.79 Å². The molecule has 19 heavy (non-hydrogen) atoms. The van der Waals surface area contributed by atoms with Gasteiger partial charge in [0.05, 0.1) is 0 Å². The number of anilines is 2. The van der Waals surface area contributed by atoms with Crippen molar-refractivity contribution in [3.05, 3.63) is 59.2 Å². The first-order valence-electron chi connectivity index (χ1n) is 6.26. The summed E-state index contributed by atoms with van der Waals surface area (Å²) < 4.78 is 0. The van der Waals surface area contributed by atoms with Crippen LogP contribution in [0.4, 0.5) is 11.4 Å². The van der Waals surface area contributed by atoms with Gasteiger partial charge in [0, 0.05) is 24.0 Å². The fourth-order valence-corrected chi connectivity index (χ4v) is 2.04. The van der Waals surface area contributed by atoms with Crippen LogP contribution in [-0.4, -0.2) is 13.0 Å². The van der Waals surface area contributed by atoms with Crippen LogP contribution in [-0.2, 0) is 0 Å². The normalized spacial score (nSPS) is 10.1. The lowest BCUT2D eigenvalue weighted by molar-refractivity contribution is 0.102. The van der Waals surface area contributed by atoms with Crippen molar-refractivity contribution < 1.29 is 4.79 Å². The van der Waals surface area contributed by atoms with Gasteiger partial charge >= 0.3 is 0 Å². The van der Waals surface area contributed by atoms with Gasteiger partial charge in [-0.2, -0.15) is 0 Å². The molecule has 0 saturated carbocycles. The maximum Gasteiger partial charge on any atom is 0.255 e. The largest absolute Gasteiger partial charge is 0.388 e. The third-order valence-corrected chi connectivity index (χ3v) is 2.92. The second-order valence-corrected chi connectivity index (χ2v) is 4.66. The van der Waals surface area contributed by atoms with Gasteiger partial charge in [-0.1, -0.05) is 6.07 Å². The minimum atomic E-state index is -0.0901. The molecule has 2 N–H and O–H groups in total. The smallest absolute Gasteiger partial charge is 0.255 e. The Bertz CT molecular complexity index is 568. The summed E-state index contributed by atoms with van der Waals surface area (Å²) in [5.41, 5.74) is 4.75. The van der Waals surface area contributed by atoms with Gasteiger partial charge in [-0.25, -0.2) is 0 Å². The lowest BCUT2D eigenvalue weighted by atomic mass is 10.1. The van der Waals surface area contributed by atoms with Gasteiger partial charge in [-0.3, -0.25) is 4.79 Å². The molecule has 0 saturated heterocycles. The summed E-state index contributed by atoms with van der Waals surface area (Å²) >= 11 is 0. The fraction of sp³-hybridized carbons (Fsp3) is 0.188. The van der Waals surface area contributed by atoms with Crippen molar-refractivity contribution in [3.8, 4) is 0 Å². The Kier molecular flexibility index (Phi) is 3.85. The standard InChI is InChI=1S/C16H18N2O/c1-11-8-12(2)10-15(9-11)18-16(19)13-4-6-14(17-3)7-5-13/h4-10,17H,1-3H3,(H,18,19). The Morgan fingerprint density at radius 2 is 1.47 bits per heavy atom. The molecular weight excluding hydrogens is 236 g/mol. The van der Waals surface area contributed by atoms with Crippen LogP contribution in [0.1, 0.15) is 21.5 Å². The van der Waals surface area contributed by atoms with Gasteiger partial charge in [0.15, 0.2) is 0 Å². The predicted octanol–water partition coefficient (Wildman–Crippen LogP) is 3.60. The first-order valence-corrected chi connectivity index (χ1v) is 6.26. The topological polar surface area (TPSA) is 41.1 Å². The van der Waals surface area contributed by atoms with E-state index in [0.717, 1.165) is 22.5 Å². The zero-order chi connectivity index (χ0) is 13.8. The van der Waals surface area contributed by atoms with E-state index in [1.807, 2.05) is 57.3 Å². The predicted molar refractivity (Wildman–Crippen MR) is 79.9 cm³/mol. The molecular formula is C16H18N2O. The summed E-state index contributed by atoms with van der Waals surface area (Å²) in [6, 6.07) is 13.4. The molecule has 0 heterocycles. The third kappa shape index (κ3) is 3.35. The molecule has 2 rings (SSSR count). The molecule has 0 atom stereocenters. The molecule has 0 aliphatic carbocycles. The van der Waals surface area contributed by atoms with Crippen LogP contribution >= 0.6 is 0 Å². The summed E-state index contributed by atoms with van der Waals surface area (Å²) in [7, 11) is 1.85. The summed E-state index contributed by atoms with van der Waals surface area (Å²) in [6.07, 6.45) is 0. The molecule has 0 bridgehead atoms. The summed E-state index contributed by atoms with van der Waals surface area (Å²) in [4.78, 5) is 12.1. The molecule has 2 aromatic carbocycles. The molecule has 0 aliphatic heterocycles. The quantitative estimate of drug-likeness (QED) is 0.878. The minimum absolute atomic E-state index is 0.0901.